The van der Waals surface area contributed by atoms with Crippen molar-refractivity contribution in [3.05, 3.63) is 77.5 Å². The van der Waals surface area contributed by atoms with E-state index in [1.54, 1.807) is 36.5 Å². The molecular formula is C23H21NO6S2. The Morgan fingerprint density at radius 1 is 1.03 bits per heavy atom. The minimum absolute atomic E-state index is 0.00378. The summed E-state index contributed by atoms with van der Waals surface area (Å²) in [7, 11) is -7.55. The molecule has 0 bridgehead atoms. The Bertz CT molecular complexity index is 1410. The molecule has 2 aromatic carbocycles. The minimum atomic E-state index is -3.98. The Kier molecular flexibility index (Phi) is 5.64. The van der Waals surface area contributed by atoms with Gasteiger partial charge >= 0.3 is 5.97 Å². The fraction of sp³-hybridized carbons (Fsp3) is 0.217. The van der Waals surface area contributed by atoms with E-state index in [1.165, 1.54) is 24.3 Å². The van der Waals surface area contributed by atoms with Crippen molar-refractivity contribution in [3.8, 4) is 11.3 Å². The van der Waals surface area contributed by atoms with E-state index in [0.29, 0.717) is 16.8 Å². The highest BCUT2D eigenvalue weighted by atomic mass is 32.2. The van der Waals surface area contributed by atoms with Gasteiger partial charge in [-0.1, -0.05) is 18.2 Å². The topological polar surface area (TPSA) is 118 Å². The molecule has 166 valence electrons. The van der Waals surface area contributed by atoms with Crippen molar-refractivity contribution in [2.24, 2.45) is 0 Å². The van der Waals surface area contributed by atoms with Crippen LogP contribution in [0.3, 0.4) is 0 Å². The van der Waals surface area contributed by atoms with E-state index in [2.05, 4.69) is 4.98 Å². The Balaban J connectivity index is 1.86. The van der Waals surface area contributed by atoms with Gasteiger partial charge in [0.05, 0.1) is 26.8 Å². The molecule has 3 aromatic rings. The Hall–Kier alpha value is -3.04. The van der Waals surface area contributed by atoms with Crippen LogP contribution in [0.2, 0.25) is 0 Å². The van der Waals surface area contributed by atoms with E-state index in [1.807, 2.05) is 0 Å². The van der Waals surface area contributed by atoms with Crippen LogP contribution >= 0.6 is 0 Å². The predicted octanol–water partition coefficient (Wildman–Crippen LogP) is 3.70. The van der Waals surface area contributed by atoms with Gasteiger partial charge in [-0.2, -0.15) is 0 Å². The van der Waals surface area contributed by atoms with Crippen LogP contribution in [-0.4, -0.2) is 39.2 Å². The second-order valence-electron chi connectivity index (χ2n) is 7.90. The molecule has 1 aromatic heterocycles. The van der Waals surface area contributed by atoms with Crippen molar-refractivity contribution in [2.45, 2.75) is 34.3 Å². The van der Waals surface area contributed by atoms with Gasteiger partial charge in [0.15, 0.2) is 19.7 Å². The molecule has 0 radical (unpaired) electrons. The van der Waals surface area contributed by atoms with Gasteiger partial charge in [0.2, 0.25) is 0 Å². The molecule has 1 N–H and O–H groups in total. The summed E-state index contributed by atoms with van der Waals surface area (Å²) in [6.45, 7) is 0. The average molecular weight is 472 g/mol. The van der Waals surface area contributed by atoms with Gasteiger partial charge in [-0.3, -0.25) is 4.98 Å². The summed E-state index contributed by atoms with van der Waals surface area (Å²) in [6, 6.07) is 13.7. The number of hydrogen-bond donors (Lipinski definition) is 1. The van der Waals surface area contributed by atoms with Gasteiger partial charge in [-0.15, -0.1) is 0 Å². The van der Waals surface area contributed by atoms with Gasteiger partial charge in [-0.25, -0.2) is 21.6 Å². The predicted molar refractivity (Wildman–Crippen MR) is 119 cm³/mol. The highest BCUT2D eigenvalue weighted by Gasteiger charge is 2.32. The summed E-state index contributed by atoms with van der Waals surface area (Å²) in [5, 5.41) is 9.36. The van der Waals surface area contributed by atoms with Crippen LogP contribution in [0, 0.1) is 0 Å². The van der Waals surface area contributed by atoms with Crippen molar-refractivity contribution in [3.63, 3.8) is 0 Å². The molecule has 1 heterocycles. The second kappa shape index (κ2) is 8.14. The van der Waals surface area contributed by atoms with Crippen LogP contribution in [0.1, 0.15) is 40.2 Å². The molecule has 7 nitrogen and oxygen atoms in total. The van der Waals surface area contributed by atoms with E-state index in [0.717, 1.165) is 19.1 Å². The van der Waals surface area contributed by atoms with Crippen molar-refractivity contribution < 1.29 is 26.7 Å². The monoisotopic (exact) mass is 471 g/mol. The lowest BCUT2D eigenvalue weighted by Gasteiger charge is -2.14. The number of benzene rings is 2. The number of pyridine rings is 1. The van der Waals surface area contributed by atoms with Gasteiger partial charge in [0.25, 0.3) is 0 Å². The van der Waals surface area contributed by atoms with Crippen LogP contribution in [0.5, 0.6) is 0 Å². The zero-order valence-electron chi connectivity index (χ0n) is 17.2. The van der Waals surface area contributed by atoms with Crippen LogP contribution < -0.4 is 0 Å². The fourth-order valence-electron chi connectivity index (χ4n) is 3.64. The SMILES string of the molecule is CS(=O)(=O)c1ccc(-c2ccccn2)c(CS(=O)(=O)c2cc(C(=O)O)ccc2C2CC2)c1. The maximum atomic E-state index is 13.5. The lowest BCUT2D eigenvalue weighted by molar-refractivity contribution is 0.0696. The molecule has 0 spiro atoms. The molecule has 0 amide bonds. The summed E-state index contributed by atoms with van der Waals surface area (Å²) >= 11 is 0. The molecule has 32 heavy (non-hydrogen) atoms. The molecule has 1 fully saturated rings. The number of hydrogen-bond acceptors (Lipinski definition) is 6. The third kappa shape index (κ3) is 4.58. The second-order valence-corrected chi connectivity index (χ2v) is 11.9. The normalized spacial score (nSPS) is 14.3. The quantitative estimate of drug-likeness (QED) is 0.558. The average Bonchev–Trinajstić information content (AvgIpc) is 3.58. The van der Waals surface area contributed by atoms with E-state index >= 15 is 0 Å². The van der Waals surface area contributed by atoms with E-state index in [4.69, 9.17) is 0 Å². The van der Waals surface area contributed by atoms with Gasteiger partial charge in [0, 0.05) is 18.0 Å². The van der Waals surface area contributed by atoms with Crippen LogP contribution in [0.25, 0.3) is 11.3 Å². The Labute approximate surface area is 186 Å². The van der Waals surface area contributed by atoms with Gasteiger partial charge in [0.1, 0.15) is 0 Å². The maximum absolute atomic E-state index is 13.5. The molecule has 0 unspecified atom stereocenters. The third-order valence-corrected chi connectivity index (χ3v) is 8.23. The molecule has 9 heteroatoms. The summed E-state index contributed by atoms with van der Waals surface area (Å²) in [4.78, 5) is 15.7. The summed E-state index contributed by atoms with van der Waals surface area (Å²) in [5.74, 6) is -1.61. The van der Waals surface area contributed by atoms with E-state index in [-0.39, 0.29) is 26.8 Å². The molecule has 0 aliphatic heterocycles. The molecule has 1 aliphatic rings. The molecule has 0 atom stereocenters. The van der Waals surface area contributed by atoms with Crippen LogP contribution in [0.4, 0.5) is 0 Å². The van der Waals surface area contributed by atoms with Crippen molar-refractivity contribution in [2.75, 3.05) is 6.26 Å². The number of rotatable bonds is 7. The van der Waals surface area contributed by atoms with Crippen molar-refractivity contribution >= 4 is 25.6 Å². The smallest absolute Gasteiger partial charge is 0.335 e. The number of aromatic carboxylic acids is 1. The lowest BCUT2D eigenvalue weighted by atomic mass is 10.1. The van der Waals surface area contributed by atoms with Gasteiger partial charge in [-0.05, 0) is 66.3 Å². The van der Waals surface area contributed by atoms with E-state index in [9.17, 15) is 26.7 Å². The largest absolute Gasteiger partial charge is 0.478 e. The van der Waals surface area contributed by atoms with E-state index < -0.39 is 31.4 Å². The number of carboxylic acids is 1. The van der Waals surface area contributed by atoms with Crippen LogP contribution in [-0.2, 0) is 25.4 Å². The number of nitrogens with zero attached hydrogens (tertiary/aromatic N) is 1. The van der Waals surface area contributed by atoms with Crippen molar-refractivity contribution in [1.82, 2.24) is 4.98 Å². The highest BCUT2D eigenvalue weighted by Crippen LogP contribution is 2.44. The minimum Gasteiger partial charge on any atom is -0.478 e. The molecule has 1 aliphatic carbocycles. The maximum Gasteiger partial charge on any atom is 0.335 e. The molecular weight excluding hydrogens is 450 g/mol. The fourth-order valence-corrected chi connectivity index (χ4v) is 6.02. The first-order chi connectivity index (χ1) is 15.1. The lowest BCUT2D eigenvalue weighted by Crippen LogP contribution is -2.11. The molecule has 0 saturated heterocycles. The number of aromatic nitrogens is 1. The molecule has 1 saturated carbocycles. The van der Waals surface area contributed by atoms with Crippen LogP contribution in [0.15, 0.2) is 70.6 Å². The summed E-state index contributed by atoms with van der Waals surface area (Å²) in [6.07, 6.45) is 4.32. The Morgan fingerprint density at radius 3 is 2.38 bits per heavy atom. The summed E-state index contributed by atoms with van der Waals surface area (Å²) < 4.78 is 51.2. The highest BCUT2D eigenvalue weighted by molar-refractivity contribution is 7.91. The van der Waals surface area contributed by atoms with Gasteiger partial charge < -0.3 is 5.11 Å². The number of carbonyl (C=O) groups is 1. The zero-order valence-corrected chi connectivity index (χ0v) is 18.9. The third-order valence-electron chi connectivity index (χ3n) is 5.40. The first-order valence-electron chi connectivity index (χ1n) is 9.90. The number of carboxylic acid groups (broad SMARTS) is 1. The number of sulfone groups is 2. The van der Waals surface area contributed by atoms with Crippen molar-refractivity contribution in [1.29, 1.82) is 0 Å². The zero-order chi connectivity index (χ0) is 23.1. The first-order valence-corrected chi connectivity index (χ1v) is 13.4. The summed E-state index contributed by atoms with van der Waals surface area (Å²) in [5.41, 5.74) is 1.80. The molecule has 4 rings (SSSR count). The first kappa shape index (κ1) is 22.2. The Morgan fingerprint density at radius 2 is 1.78 bits per heavy atom. The standard InChI is InChI=1S/C23H21NO6S2/c1-31(27,28)18-8-10-19(21-4-2-3-11-24-21)17(12-18)14-32(29,30)22-13-16(23(25)26)7-9-20(22)15-5-6-15/h2-4,7-13,15H,5-6,14H2,1H3,(H,25,26).